The van der Waals surface area contributed by atoms with Crippen molar-refractivity contribution in [1.82, 2.24) is 9.78 Å². The third-order valence-corrected chi connectivity index (χ3v) is 1.79. The molecule has 0 fully saturated rings. The Hall–Kier alpha value is -1.17. The van der Waals surface area contributed by atoms with Crippen molar-refractivity contribution in [3.63, 3.8) is 0 Å². The lowest BCUT2D eigenvalue weighted by atomic mass is 10.3. The summed E-state index contributed by atoms with van der Waals surface area (Å²) in [5, 5.41) is 8.29. The van der Waals surface area contributed by atoms with Crippen LogP contribution >= 0.6 is 11.6 Å². The van der Waals surface area contributed by atoms with E-state index in [9.17, 15) is 13.6 Å². The number of hydrogen-bond acceptors (Lipinski definition) is 2. The molecule has 1 heterocycles. The average molecular weight is 225 g/mol. The standard InChI is InChI=1S/C7H7ClF2N2O2/c1-12-4(3-6(13)14)2-5(11-12)7(8,9)10/h2H,3H2,1H3,(H,13,14). The second-order valence-corrected chi connectivity index (χ2v) is 3.19. The molecule has 1 aromatic heterocycles. The highest BCUT2D eigenvalue weighted by Crippen LogP contribution is 2.31. The predicted molar refractivity (Wildman–Crippen MR) is 44.3 cm³/mol. The van der Waals surface area contributed by atoms with Gasteiger partial charge in [0.25, 0.3) is 0 Å². The summed E-state index contributed by atoms with van der Waals surface area (Å²) in [4.78, 5) is 10.3. The number of rotatable bonds is 3. The van der Waals surface area contributed by atoms with E-state index in [0.29, 0.717) is 0 Å². The summed E-state index contributed by atoms with van der Waals surface area (Å²) in [5.41, 5.74) is -0.467. The summed E-state index contributed by atoms with van der Waals surface area (Å²) < 4.78 is 26.1. The highest BCUT2D eigenvalue weighted by atomic mass is 35.5. The predicted octanol–water partition coefficient (Wildman–Crippen LogP) is 1.34. The molecule has 0 spiro atoms. The molecule has 0 aliphatic rings. The molecule has 0 atom stereocenters. The van der Waals surface area contributed by atoms with Crippen LogP contribution in [0.5, 0.6) is 0 Å². The first kappa shape index (κ1) is 10.9. The minimum Gasteiger partial charge on any atom is -0.481 e. The molecule has 0 aromatic carbocycles. The molecule has 0 saturated heterocycles. The molecule has 0 aliphatic heterocycles. The zero-order chi connectivity index (χ0) is 10.9. The molecular weight excluding hydrogens is 218 g/mol. The first-order valence-electron chi connectivity index (χ1n) is 3.62. The molecule has 78 valence electrons. The van der Waals surface area contributed by atoms with Gasteiger partial charge >= 0.3 is 11.4 Å². The van der Waals surface area contributed by atoms with Crippen LogP contribution in [0, 0.1) is 0 Å². The molecule has 1 aromatic rings. The van der Waals surface area contributed by atoms with Gasteiger partial charge < -0.3 is 5.11 Å². The fourth-order valence-corrected chi connectivity index (χ4v) is 1.06. The van der Waals surface area contributed by atoms with Crippen molar-refractivity contribution in [2.45, 2.75) is 11.8 Å². The Balaban J connectivity index is 2.99. The highest BCUT2D eigenvalue weighted by Gasteiger charge is 2.32. The van der Waals surface area contributed by atoms with Crippen LogP contribution in [0.3, 0.4) is 0 Å². The fraction of sp³-hybridized carbons (Fsp3) is 0.429. The van der Waals surface area contributed by atoms with Gasteiger partial charge in [-0.1, -0.05) is 0 Å². The van der Waals surface area contributed by atoms with Gasteiger partial charge in [-0.05, 0) is 17.7 Å². The normalized spacial score (nSPS) is 11.7. The number of hydrogen-bond donors (Lipinski definition) is 1. The molecule has 1 rings (SSSR count). The lowest BCUT2D eigenvalue weighted by Gasteiger charge is -2.00. The van der Waals surface area contributed by atoms with E-state index in [-0.39, 0.29) is 12.1 Å². The minimum atomic E-state index is -3.56. The van der Waals surface area contributed by atoms with Crippen molar-refractivity contribution in [3.05, 3.63) is 17.5 Å². The molecule has 0 saturated carbocycles. The summed E-state index contributed by atoms with van der Waals surface area (Å²) in [5.74, 6) is -1.11. The van der Waals surface area contributed by atoms with Crippen molar-refractivity contribution in [2.24, 2.45) is 7.05 Å². The Kier molecular flexibility index (Phi) is 2.75. The summed E-state index contributed by atoms with van der Waals surface area (Å²) >= 11 is 4.72. The molecule has 4 nitrogen and oxygen atoms in total. The molecule has 0 radical (unpaired) electrons. The SMILES string of the molecule is Cn1nc(C(F)(F)Cl)cc1CC(=O)O. The number of aliphatic carboxylic acids is 1. The van der Waals surface area contributed by atoms with Crippen LogP contribution in [0.2, 0.25) is 0 Å². The summed E-state index contributed by atoms with van der Waals surface area (Å²) in [7, 11) is 1.38. The number of carbonyl (C=O) groups is 1. The zero-order valence-corrected chi connectivity index (χ0v) is 7.92. The first-order valence-corrected chi connectivity index (χ1v) is 4.00. The molecule has 14 heavy (non-hydrogen) atoms. The molecule has 0 unspecified atom stereocenters. The second-order valence-electron chi connectivity index (χ2n) is 2.71. The van der Waals surface area contributed by atoms with Crippen LogP contribution in [0.4, 0.5) is 8.78 Å². The van der Waals surface area contributed by atoms with Gasteiger partial charge in [0.15, 0.2) is 0 Å². The lowest BCUT2D eigenvalue weighted by molar-refractivity contribution is -0.136. The van der Waals surface area contributed by atoms with E-state index in [1.165, 1.54) is 7.05 Å². The van der Waals surface area contributed by atoms with Gasteiger partial charge in [-0.3, -0.25) is 9.48 Å². The Morgan fingerprint density at radius 3 is 2.71 bits per heavy atom. The molecule has 7 heteroatoms. The Labute approximate surface area is 83.1 Å². The van der Waals surface area contributed by atoms with Gasteiger partial charge in [-0.25, -0.2) is 0 Å². The third kappa shape index (κ3) is 2.41. The number of aromatic nitrogens is 2. The maximum atomic E-state index is 12.5. The third-order valence-electron chi connectivity index (χ3n) is 1.60. The summed E-state index contributed by atoms with van der Waals surface area (Å²) in [6.45, 7) is 0. The zero-order valence-electron chi connectivity index (χ0n) is 7.17. The van der Waals surface area contributed by atoms with Gasteiger partial charge in [-0.15, -0.1) is 0 Å². The molecule has 1 N–H and O–H groups in total. The van der Waals surface area contributed by atoms with Crippen LogP contribution < -0.4 is 0 Å². The molecular formula is C7H7ClF2N2O2. The van der Waals surface area contributed by atoms with Crippen LogP contribution in [0.15, 0.2) is 6.07 Å². The quantitative estimate of drug-likeness (QED) is 0.789. The maximum Gasteiger partial charge on any atom is 0.366 e. The monoisotopic (exact) mass is 224 g/mol. The van der Waals surface area contributed by atoms with Gasteiger partial charge in [-0.2, -0.15) is 13.9 Å². The van der Waals surface area contributed by atoms with Crippen molar-refractivity contribution in [2.75, 3.05) is 0 Å². The van der Waals surface area contributed by atoms with E-state index < -0.39 is 17.0 Å². The smallest absolute Gasteiger partial charge is 0.366 e. The van der Waals surface area contributed by atoms with Gasteiger partial charge in [0, 0.05) is 12.7 Å². The summed E-state index contributed by atoms with van der Waals surface area (Å²) in [6.07, 6.45) is -0.365. The van der Waals surface area contributed by atoms with E-state index in [1.807, 2.05) is 0 Å². The van der Waals surface area contributed by atoms with E-state index in [0.717, 1.165) is 10.7 Å². The first-order chi connectivity index (χ1) is 6.30. The number of aryl methyl sites for hydroxylation is 1. The largest absolute Gasteiger partial charge is 0.481 e. The van der Waals surface area contributed by atoms with Crippen molar-refractivity contribution >= 4 is 17.6 Å². The van der Waals surface area contributed by atoms with E-state index in [1.54, 1.807) is 0 Å². The number of carboxylic acid groups (broad SMARTS) is 1. The lowest BCUT2D eigenvalue weighted by Crippen LogP contribution is -2.06. The van der Waals surface area contributed by atoms with Crippen LogP contribution in [-0.4, -0.2) is 20.9 Å². The van der Waals surface area contributed by atoms with Gasteiger partial charge in [0.05, 0.1) is 6.42 Å². The van der Waals surface area contributed by atoms with E-state index in [2.05, 4.69) is 5.10 Å². The maximum absolute atomic E-state index is 12.5. The van der Waals surface area contributed by atoms with Gasteiger partial charge in [0.1, 0.15) is 5.69 Å². The summed E-state index contributed by atoms with van der Waals surface area (Å²) in [6, 6.07) is 0.973. The highest BCUT2D eigenvalue weighted by molar-refractivity contribution is 6.21. The Morgan fingerprint density at radius 1 is 1.79 bits per heavy atom. The average Bonchev–Trinajstić information content (AvgIpc) is 2.30. The number of halogens is 3. The topological polar surface area (TPSA) is 55.1 Å². The van der Waals surface area contributed by atoms with Crippen LogP contribution in [-0.2, 0) is 23.6 Å². The second kappa shape index (κ2) is 3.53. The van der Waals surface area contributed by atoms with Crippen molar-refractivity contribution < 1.29 is 18.7 Å². The van der Waals surface area contributed by atoms with Crippen LogP contribution in [0.25, 0.3) is 0 Å². The van der Waals surface area contributed by atoms with E-state index in [4.69, 9.17) is 16.7 Å². The molecule has 0 aliphatic carbocycles. The molecule has 0 amide bonds. The minimum absolute atomic E-state index is 0.174. The number of alkyl halides is 3. The Bertz CT molecular complexity index is 359. The van der Waals surface area contributed by atoms with E-state index >= 15 is 0 Å². The van der Waals surface area contributed by atoms with Gasteiger partial charge in [0.2, 0.25) is 0 Å². The van der Waals surface area contributed by atoms with Crippen molar-refractivity contribution in [3.8, 4) is 0 Å². The van der Waals surface area contributed by atoms with Crippen molar-refractivity contribution in [1.29, 1.82) is 0 Å². The van der Waals surface area contributed by atoms with Crippen LogP contribution in [0.1, 0.15) is 11.4 Å². The number of nitrogens with zero attached hydrogens (tertiary/aromatic N) is 2. The fourth-order valence-electron chi connectivity index (χ4n) is 0.965. The molecule has 0 bridgehead atoms. The number of carboxylic acids is 1. The Morgan fingerprint density at radius 2 is 2.36 bits per heavy atom.